The molecule has 3 rings (SSSR count). The molecule has 8 heteroatoms. The van der Waals surface area contributed by atoms with Crippen molar-refractivity contribution >= 4 is 23.2 Å². The number of furan rings is 1. The summed E-state index contributed by atoms with van der Waals surface area (Å²) in [5.74, 6) is -0.786. The van der Waals surface area contributed by atoms with Gasteiger partial charge in [-0.3, -0.25) is 9.59 Å². The van der Waals surface area contributed by atoms with E-state index in [4.69, 9.17) is 4.42 Å². The smallest absolute Gasteiger partial charge is 0.287 e. The number of carbonyl (C=O) groups is 2. The van der Waals surface area contributed by atoms with Gasteiger partial charge in [0.05, 0.1) is 12.1 Å². The Morgan fingerprint density at radius 3 is 2.78 bits per heavy atom. The second-order valence-corrected chi connectivity index (χ2v) is 6.98. The molecular weight excluding hydrogens is 369 g/mol. The van der Waals surface area contributed by atoms with Crippen molar-refractivity contribution < 1.29 is 18.4 Å². The van der Waals surface area contributed by atoms with Gasteiger partial charge in [0.1, 0.15) is 11.6 Å². The molecule has 0 fully saturated rings. The van der Waals surface area contributed by atoms with E-state index in [0.717, 1.165) is 0 Å². The molecule has 140 valence electrons. The Hall–Kier alpha value is -3.00. The highest BCUT2D eigenvalue weighted by Gasteiger charge is 2.13. The molecule has 0 aliphatic carbocycles. The average molecular weight is 387 g/mol. The quantitative estimate of drug-likeness (QED) is 0.730. The zero-order valence-corrected chi connectivity index (χ0v) is 15.6. The van der Waals surface area contributed by atoms with Crippen LogP contribution in [0.15, 0.2) is 57.4 Å². The highest BCUT2D eigenvalue weighted by molar-refractivity contribution is 7.07. The summed E-state index contributed by atoms with van der Waals surface area (Å²) < 4.78 is 21.0. The number of hydrogen-bond donors (Lipinski definition) is 1. The molecule has 2 aromatic heterocycles. The van der Waals surface area contributed by atoms with Gasteiger partial charge in [-0.05, 0) is 38.1 Å². The van der Waals surface area contributed by atoms with Gasteiger partial charge in [0.15, 0.2) is 10.6 Å². The molecule has 0 saturated carbocycles. The summed E-state index contributed by atoms with van der Waals surface area (Å²) in [5.41, 5.74) is -0.0805. The number of thiazole rings is 1. The van der Waals surface area contributed by atoms with Crippen LogP contribution >= 0.6 is 11.3 Å². The van der Waals surface area contributed by atoms with Gasteiger partial charge in [0.25, 0.3) is 11.8 Å². The van der Waals surface area contributed by atoms with Crippen LogP contribution in [0.1, 0.15) is 40.5 Å². The largest absolute Gasteiger partial charge is 0.454 e. The second-order valence-electron chi connectivity index (χ2n) is 6.10. The minimum atomic E-state index is -0.652. The Morgan fingerprint density at radius 1 is 1.26 bits per heavy atom. The number of hydrogen-bond acceptors (Lipinski definition) is 4. The first-order chi connectivity index (χ1) is 12.9. The van der Waals surface area contributed by atoms with Crippen molar-refractivity contribution in [1.82, 2.24) is 9.88 Å². The molecular formula is C19H18FN3O3S. The SMILES string of the molecule is CC(C)NC(=O)c1ccc(Cn2ccsc2=NC(=O)c2ccccc2F)o1. The first-order valence-electron chi connectivity index (χ1n) is 8.31. The van der Waals surface area contributed by atoms with Gasteiger partial charge in [0.2, 0.25) is 0 Å². The first kappa shape index (κ1) is 18.8. The summed E-state index contributed by atoms with van der Waals surface area (Å²) in [6, 6.07) is 9.02. The van der Waals surface area contributed by atoms with E-state index in [1.54, 1.807) is 34.3 Å². The monoisotopic (exact) mass is 387 g/mol. The molecule has 0 aliphatic heterocycles. The summed E-state index contributed by atoms with van der Waals surface area (Å²) >= 11 is 1.25. The van der Waals surface area contributed by atoms with E-state index in [-0.39, 0.29) is 23.3 Å². The molecule has 1 aromatic carbocycles. The number of nitrogens with zero attached hydrogens (tertiary/aromatic N) is 2. The first-order valence-corrected chi connectivity index (χ1v) is 9.19. The number of amides is 2. The van der Waals surface area contributed by atoms with Crippen LogP contribution in [0.5, 0.6) is 0 Å². The van der Waals surface area contributed by atoms with Crippen LogP contribution in [0.4, 0.5) is 4.39 Å². The maximum Gasteiger partial charge on any atom is 0.287 e. The highest BCUT2D eigenvalue weighted by Crippen LogP contribution is 2.11. The maximum absolute atomic E-state index is 13.7. The molecule has 0 radical (unpaired) electrons. The van der Waals surface area contributed by atoms with Gasteiger partial charge in [-0.2, -0.15) is 4.99 Å². The molecule has 0 aliphatic rings. The molecule has 0 saturated heterocycles. The molecule has 2 heterocycles. The van der Waals surface area contributed by atoms with Gasteiger partial charge in [-0.25, -0.2) is 4.39 Å². The van der Waals surface area contributed by atoms with Crippen LogP contribution in [-0.2, 0) is 6.54 Å². The van der Waals surface area contributed by atoms with E-state index in [2.05, 4.69) is 10.3 Å². The molecule has 6 nitrogen and oxygen atoms in total. The van der Waals surface area contributed by atoms with E-state index in [1.165, 1.54) is 29.5 Å². The van der Waals surface area contributed by atoms with Crippen molar-refractivity contribution in [2.75, 3.05) is 0 Å². The molecule has 3 aromatic rings. The van der Waals surface area contributed by atoms with Gasteiger partial charge in [-0.1, -0.05) is 12.1 Å². The van der Waals surface area contributed by atoms with E-state index in [0.29, 0.717) is 17.1 Å². The molecule has 0 atom stereocenters. The lowest BCUT2D eigenvalue weighted by molar-refractivity contribution is 0.0912. The van der Waals surface area contributed by atoms with Crippen LogP contribution in [0.25, 0.3) is 0 Å². The van der Waals surface area contributed by atoms with Crippen molar-refractivity contribution in [1.29, 1.82) is 0 Å². The number of halogens is 1. The fourth-order valence-electron chi connectivity index (χ4n) is 2.37. The van der Waals surface area contributed by atoms with E-state index in [1.807, 2.05) is 13.8 Å². The van der Waals surface area contributed by atoms with Crippen LogP contribution in [0.3, 0.4) is 0 Å². The number of carbonyl (C=O) groups excluding carboxylic acids is 2. The predicted octanol–water partition coefficient (Wildman–Crippen LogP) is 3.21. The van der Waals surface area contributed by atoms with Gasteiger partial charge < -0.3 is 14.3 Å². The topological polar surface area (TPSA) is 76.6 Å². The third-order valence-electron chi connectivity index (χ3n) is 3.59. The zero-order valence-electron chi connectivity index (χ0n) is 14.8. The minimum Gasteiger partial charge on any atom is -0.454 e. The summed E-state index contributed by atoms with van der Waals surface area (Å²) in [6.45, 7) is 4.02. The molecule has 0 unspecified atom stereocenters. The average Bonchev–Trinajstić information content (AvgIpc) is 3.25. The number of nitrogens with one attached hydrogen (secondary N) is 1. The summed E-state index contributed by atoms with van der Waals surface area (Å²) in [4.78, 5) is 28.6. The third-order valence-corrected chi connectivity index (χ3v) is 4.39. The Bertz CT molecular complexity index is 1030. The standard InChI is InChI=1S/C19H18FN3O3S/c1-12(2)21-18(25)16-8-7-13(26-16)11-23-9-10-27-19(23)22-17(24)14-5-3-4-6-15(14)20/h3-10,12H,11H2,1-2H3,(H,21,25). The highest BCUT2D eigenvalue weighted by atomic mass is 32.1. The maximum atomic E-state index is 13.7. The van der Waals surface area contributed by atoms with Crippen molar-refractivity contribution in [2.24, 2.45) is 4.99 Å². The summed E-state index contributed by atoms with van der Waals surface area (Å²) in [7, 11) is 0. The van der Waals surface area contributed by atoms with E-state index < -0.39 is 11.7 Å². The van der Waals surface area contributed by atoms with Crippen LogP contribution in [-0.4, -0.2) is 22.4 Å². The Balaban J connectivity index is 1.80. The zero-order chi connectivity index (χ0) is 19.4. The Labute approximate surface area is 159 Å². The molecule has 0 spiro atoms. The number of rotatable bonds is 5. The van der Waals surface area contributed by atoms with Crippen molar-refractivity contribution in [2.45, 2.75) is 26.4 Å². The van der Waals surface area contributed by atoms with Crippen molar-refractivity contribution in [3.8, 4) is 0 Å². The molecule has 27 heavy (non-hydrogen) atoms. The van der Waals surface area contributed by atoms with Crippen molar-refractivity contribution in [3.63, 3.8) is 0 Å². The summed E-state index contributed by atoms with van der Waals surface area (Å²) in [6.07, 6.45) is 1.74. The lowest BCUT2D eigenvalue weighted by Gasteiger charge is -2.05. The second kappa shape index (κ2) is 8.13. The Morgan fingerprint density at radius 2 is 2.04 bits per heavy atom. The van der Waals surface area contributed by atoms with Crippen LogP contribution < -0.4 is 10.1 Å². The molecule has 2 amide bonds. The van der Waals surface area contributed by atoms with E-state index >= 15 is 0 Å². The van der Waals surface area contributed by atoms with Crippen LogP contribution in [0, 0.1) is 5.82 Å². The fourth-order valence-corrected chi connectivity index (χ4v) is 3.10. The molecule has 1 N–H and O–H groups in total. The third kappa shape index (κ3) is 4.59. The predicted molar refractivity (Wildman–Crippen MR) is 99.0 cm³/mol. The fraction of sp³-hybridized carbons (Fsp3) is 0.211. The molecule has 0 bridgehead atoms. The van der Waals surface area contributed by atoms with Crippen molar-refractivity contribution in [3.05, 3.63) is 75.7 Å². The lowest BCUT2D eigenvalue weighted by atomic mass is 10.2. The van der Waals surface area contributed by atoms with Gasteiger partial charge in [-0.15, -0.1) is 11.3 Å². The number of aromatic nitrogens is 1. The Kier molecular flexibility index (Phi) is 5.66. The van der Waals surface area contributed by atoms with Crippen LogP contribution in [0.2, 0.25) is 0 Å². The van der Waals surface area contributed by atoms with Gasteiger partial charge >= 0.3 is 0 Å². The lowest BCUT2D eigenvalue weighted by Crippen LogP contribution is -2.29. The van der Waals surface area contributed by atoms with Gasteiger partial charge in [0, 0.05) is 17.6 Å². The normalized spacial score (nSPS) is 11.8. The minimum absolute atomic E-state index is 0.00657. The van der Waals surface area contributed by atoms with E-state index in [9.17, 15) is 14.0 Å². The summed E-state index contributed by atoms with van der Waals surface area (Å²) in [5, 5.41) is 4.52. The number of benzene rings is 1.